The summed E-state index contributed by atoms with van der Waals surface area (Å²) >= 11 is 3.15. The van der Waals surface area contributed by atoms with Gasteiger partial charge in [0.25, 0.3) is 5.56 Å². The molecule has 1 aromatic rings. The smallest absolute Gasteiger partial charge is 0.268 e. The van der Waals surface area contributed by atoms with E-state index in [0.717, 1.165) is 18.7 Å². The van der Waals surface area contributed by atoms with Crippen molar-refractivity contribution >= 4 is 21.6 Å². The average Bonchev–Trinajstić information content (AvgIpc) is 2.31. The molecule has 0 aliphatic rings. The lowest BCUT2D eigenvalue weighted by Gasteiger charge is -2.18. The Morgan fingerprint density at radius 2 is 2.35 bits per heavy atom. The Morgan fingerprint density at radius 3 is 2.88 bits per heavy atom. The predicted octanol–water partition coefficient (Wildman–Crippen LogP) is 0.845. The maximum absolute atomic E-state index is 11.7. The highest BCUT2D eigenvalue weighted by atomic mass is 79.9. The molecular weight excluding hydrogens is 286 g/mol. The minimum atomic E-state index is -0.598. The lowest BCUT2D eigenvalue weighted by Crippen LogP contribution is -2.30. The van der Waals surface area contributed by atoms with E-state index in [2.05, 4.69) is 28.0 Å². The Balaban J connectivity index is 2.82. The Morgan fingerprint density at radius 1 is 1.65 bits per heavy atom. The van der Waals surface area contributed by atoms with Crippen LogP contribution in [0.25, 0.3) is 0 Å². The van der Waals surface area contributed by atoms with Gasteiger partial charge in [-0.3, -0.25) is 4.79 Å². The summed E-state index contributed by atoms with van der Waals surface area (Å²) in [7, 11) is 1.93. The first-order valence-corrected chi connectivity index (χ1v) is 6.73. The molecule has 0 aromatic carbocycles. The molecule has 0 fully saturated rings. The van der Waals surface area contributed by atoms with Gasteiger partial charge in [-0.1, -0.05) is 22.9 Å². The van der Waals surface area contributed by atoms with Crippen LogP contribution in [0.15, 0.2) is 17.1 Å². The van der Waals surface area contributed by atoms with Gasteiger partial charge in [-0.25, -0.2) is 4.68 Å². The zero-order valence-corrected chi connectivity index (χ0v) is 11.7. The van der Waals surface area contributed by atoms with Crippen LogP contribution >= 0.6 is 15.9 Å². The molecule has 0 aliphatic carbocycles. The summed E-state index contributed by atoms with van der Waals surface area (Å²) in [5.74, 6) is 0. The number of rotatable bonds is 6. The fourth-order valence-electron chi connectivity index (χ4n) is 1.48. The third-order valence-electron chi connectivity index (χ3n) is 2.42. The van der Waals surface area contributed by atoms with Crippen LogP contribution in [-0.4, -0.2) is 39.9 Å². The number of hydrogen-bond acceptors (Lipinski definition) is 4. The number of aliphatic hydroxyl groups excluding tert-OH is 1. The molecule has 1 unspecified atom stereocenters. The summed E-state index contributed by atoms with van der Waals surface area (Å²) in [5, 5.41) is 13.9. The largest absolute Gasteiger partial charge is 0.390 e. The molecule has 1 N–H and O–H groups in total. The van der Waals surface area contributed by atoms with Gasteiger partial charge in [-0.15, -0.1) is 0 Å². The summed E-state index contributed by atoms with van der Waals surface area (Å²) < 4.78 is 1.27. The van der Waals surface area contributed by atoms with Crippen molar-refractivity contribution in [1.29, 1.82) is 0 Å². The van der Waals surface area contributed by atoms with Gasteiger partial charge in [0.1, 0.15) is 0 Å². The molecule has 0 spiro atoms. The molecular formula is C11H18BrN3O2. The van der Waals surface area contributed by atoms with Gasteiger partial charge in [0, 0.05) is 25.0 Å². The topological polar surface area (TPSA) is 58.4 Å². The fourth-order valence-corrected chi connectivity index (χ4v) is 1.69. The highest BCUT2D eigenvalue weighted by Crippen LogP contribution is 2.07. The van der Waals surface area contributed by atoms with Crippen LogP contribution in [-0.2, 0) is 6.54 Å². The summed E-state index contributed by atoms with van der Waals surface area (Å²) in [5.41, 5.74) is 0.617. The zero-order chi connectivity index (χ0) is 12.8. The van der Waals surface area contributed by atoms with E-state index in [1.807, 2.05) is 11.9 Å². The van der Waals surface area contributed by atoms with E-state index in [4.69, 9.17) is 0 Å². The molecule has 0 aliphatic heterocycles. The lowest BCUT2D eigenvalue weighted by molar-refractivity contribution is 0.172. The third kappa shape index (κ3) is 4.12. The van der Waals surface area contributed by atoms with Crippen LogP contribution in [0.3, 0.4) is 0 Å². The van der Waals surface area contributed by atoms with E-state index in [0.29, 0.717) is 5.33 Å². The molecule has 1 aromatic heterocycles. The number of anilines is 1. The van der Waals surface area contributed by atoms with E-state index in [9.17, 15) is 9.90 Å². The summed E-state index contributed by atoms with van der Waals surface area (Å²) in [6, 6.07) is 1.55. The van der Waals surface area contributed by atoms with Crippen LogP contribution in [0, 0.1) is 0 Å². The predicted molar refractivity (Wildman–Crippen MR) is 71.9 cm³/mol. The van der Waals surface area contributed by atoms with Crippen LogP contribution in [0.1, 0.15) is 13.3 Å². The Bertz CT molecular complexity index is 408. The van der Waals surface area contributed by atoms with E-state index < -0.39 is 6.10 Å². The van der Waals surface area contributed by atoms with Crippen molar-refractivity contribution < 1.29 is 5.11 Å². The van der Waals surface area contributed by atoms with Crippen LogP contribution in [0.5, 0.6) is 0 Å². The van der Waals surface area contributed by atoms with Gasteiger partial charge in [0.15, 0.2) is 0 Å². The minimum absolute atomic E-state index is 0.189. The van der Waals surface area contributed by atoms with Gasteiger partial charge in [-0.2, -0.15) is 5.10 Å². The lowest BCUT2D eigenvalue weighted by atomic mass is 10.3. The molecule has 0 amide bonds. The van der Waals surface area contributed by atoms with Crippen molar-refractivity contribution in [2.75, 3.05) is 23.8 Å². The minimum Gasteiger partial charge on any atom is -0.390 e. The molecule has 6 heteroatoms. The maximum atomic E-state index is 11.7. The molecule has 17 heavy (non-hydrogen) atoms. The zero-order valence-electron chi connectivity index (χ0n) is 10.1. The first kappa shape index (κ1) is 14.2. The van der Waals surface area contributed by atoms with Gasteiger partial charge in [0.05, 0.1) is 24.5 Å². The Labute approximate surface area is 109 Å². The Hall–Kier alpha value is -0.880. The Kier molecular flexibility index (Phi) is 5.64. The van der Waals surface area contributed by atoms with Crippen LogP contribution in [0.4, 0.5) is 5.69 Å². The fraction of sp³-hybridized carbons (Fsp3) is 0.636. The van der Waals surface area contributed by atoms with Crippen molar-refractivity contribution in [3.05, 3.63) is 22.6 Å². The maximum Gasteiger partial charge on any atom is 0.268 e. The first-order valence-electron chi connectivity index (χ1n) is 5.60. The molecule has 0 bridgehead atoms. The van der Waals surface area contributed by atoms with Gasteiger partial charge in [-0.05, 0) is 6.42 Å². The second-order valence-corrected chi connectivity index (χ2v) is 4.61. The van der Waals surface area contributed by atoms with Gasteiger partial charge in [0.2, 0.25) is 0 Å². The second kappa shape index (κ2) is 6.76. The normalized spacial score (nSPS) is 12.5. The summed E-state index contributed by atoms with van der Waals surface area (Å²) in [6.45, 7) is 3.18. The number of hydrogen-bond donors (Lipinski definition) is 1. The van der Waals surface area contributed by atoms with Crippen LogP contribution < -0.4 is 10.5 Å². The SMILES string of the molecule is CCCN(C)c1cnn(CC(O)CBr)c(=O)c1. The van der Waals surface area contributed by atoms with E-state index in [1.165, 1.54) is 4.68 Å². The molecule has 0 radical (unpaired) electrons. The van der Waals surface area contributed by atoms with Crippen molar-refractivity contribution in [2.45, 2.75) is 26.0 Å². The average molecular weight is 304 g/mol. The molecule has 0 saturated heterocycles. The highest BCUT2D eigenvalue weighted by molar-refractivity contribution is 9.09. The number of nitrogens with zero attached hydrogens (tertiary/aromatic N) is 3. The van der Waals surface area contributed by atoms with E-state index in [1.54, 1.807) is 12.3 Å². The molecule has 0 saturated carbocycles. The van der Waals surface area contributed by atoms with E-state index in [-0.39, 0.29) is 12.1 Å². The summed E-state index contributed by atoms with van der Waals surface area (Å²) in [6.07, 6.45) is 2.07. The van der Waals surface area contributed by atoms with Crippen molar-refractivity contribution in [3.63, 3.8) is 0 Å². The van der Waals surface area contributed by atoms with E-state index >= 15 is 0 Å². The molecule has 1 rings (SSSR count). The van der Waals surface area contributed by atoms with Crippen molar-refractivity contribution in [3.8, 4) is 0 Å². The number of alkyl halides is 1. The molecule has 5 nitrogen and oxygen atoms in total. The third-order valence-corrected chi connectivity index (χ3v) is 3.16. The quantitative estimate of drug-likeness (QED) is 0.792. The highest BCUT2D eigenvalue weighted by Gasteiger charge is 2.07. The van der Waals surface area contributed by atoms with Crippen molar-refractivity contribution in [2.24, 2.45) is 0 Å². The first-order chi connectivity index (χ1) is 8.08. The number of halogens is 1. The monoisotopic (exact) mass is 303 g/mol. The van der Waals surface area contributed by atoms with Crippen LogP contribution in [0.2, 0.25) is 0 Å². The second-order valence-electron chi connectivity index (χ2n) is 3.96. The van der Waals surface area contributed by atoms with Gasteiger partial charge >= 0.3 is 0 Å². The molecule has 96 valence electrons. The van der Waals surface area contributed by atoms with Crippen molar-refractivity contribution in [1.82, 2.24) is 9.78 Å². The van der Waals surface area contributed by atoms with Gasteiger partial charge < -0.3 is 10.0 Å². The summed E-state index contributed by atoms with van der Waals surface area (Å²) in [4.78, 5) is 13.7. The number of aromatic nitrogens is 2. The molecule has 1 heterocycles. The number of aliphatic hydroxyl groups is 1. The molecule has 1 atom stereocenters. The standard InChI is InChI=1S/C11H18BrN3O2/c1-3-4-14(2)9-5-11(17)15(13-7-9)8-10(16)6-12/h5,7,10,16H,3-4,6,8H2,1-2H3.